The van der Waals surface area contributed by atoms with Crippen LogP contribution in [0.3, 0.4) is 0 Å². The molecule has 1 N–H and O–H groups in total. The molecule has 0 spiro atoms. The Hall–Kier alpha value is -0.280. The maximum absolute atomic E-state index is 11.6. The highest BCUT2D eigenvalue weighted by molar-refractivity contribution is 6.17. The van der Waals surface area contributed by atoms with Gasteiger partial charge in [-0.05, 0) is 39.7 Å². The van der Waals surface area contributed by atoms with Gasteiger partial charge in [-0.2, -0.15) is 0 Å². The molecule has 0 aliphatic carbocycles. The molecule has 1 rings (SSSR count). The first-order valence-corrected chi connectivity index (χ1v) is 6.72. The molecule has 1 aliphatic rings. The molecular weight excluding hydrogens is 224 g/mol. The summed E-state index contributed by atoms with van der Waals surface area (Å²) in [5.74, 6) is 0.838. The second-order valence-electron chi connectivity index (χ2n) is 4.76. The van der Waals surface area contributed by atoms with Crippen LogP contribution in [0.2, 0.25) is 0 Å². The number of carbonyl (C=O) groups is 1. The fraction of sp³-hybridized carbons (Fsp3) is 0.917. The number of nitrogens with zero attached hydrogens (tertiary/aromatic N) is 1. The first kappa shape index (κ1) is 13.8. The molecule has 2 atom stereocenters. The Morgan fingerprint density at radius 2 is 2.25 bits per heavy atom. The fourth-order valence-electron chi connectivity index (χ4n) is 2.10. The molecule has 1 aliphatic heterocycles. The summed E-state index contributed by atoms with van der Waals surface area (Å²) in [6.45, 7) is 3.29. The normalized spacial score (nSPS) is 26.7. The van der Waals surface area contributed by atoms with Gasteiger partial charge in [-0.15, -0.1) is 11.6 Å². The largest absolute Gasteiger partial charge is 0.353 e. The Labute approximate surface area is 104 Å². The molecule has 0 saturated carbocycles. The molecule has 0 aromatic carbocycles. The van der Waals surface area contributed by atoms with Crippen molar-refractivity contribution in [2.45, 2.75) is 51.1 Å². The number of carbonyl (C=O) groups excluding carboxylic acids is 1. The maximum Gasteiger partial charge on any atom is 0.220 e. The van der Waals surface area contributed by atoms with E-state index in [1.54, 1.807) is 0 Å². The zero-order chi connectivity index (χ0) is 12.0. The molecule has 94 valence electrons. The minimum Gasteiger partial charge on any atom is -0.353 e. The summed E-state index contributed by atoms with van der Waals surface area (Å²) in [6.07, 6.45) is 4.59. The number of likely N-dealkylation sites (tertiary alicyclic amines) is 1. The number of alkyl halides is 1. The topological polar surface area (TPSA) is 32.3 Å². The van der Waals surface area contributed by atoms with Crippen LogP contribution in [0, 0.1) is 0 Å². The van der Waals surface area contributed by atoms with Gasteiger partial charge in [-0.3, -0.25) is 4.79 Å². The summed E-state index contributed by atoms with van der Waals surface area (Å²) in [7, 11) is 2.14. The smallest absolute Gasteiger partial charge is 0.220 e. The fourth-order valence-corrected chi connectivity index (χ4v) is 2.29. The zero-order valence-electron chi connectivity index (χ0n) is 10.3. The summed E-state index contributed by atoms with van der Waals surface area (Å²) in [5.41, 5.74) is 0. The van der Waals surface area contributed by atoms with Crippen molar-refractivity contribution in [2.24, 2.45) is 0 Å². The van der Waals surface area contributed by atoms with Crippen molar-refractivity contribution in [3.8, 4) is 0 Å². The third-order valence-electron chi connectivity index (χ3n) is 3.36. The molecule has 1 fully saturated rings. The lowest BCUT2D eigenvalue weighted by Crippen LogP contribution is -2.47. The van der Waals surface area contributed by atoms with Crippen molar-refractivity contribution in [1.29, 1.82) is 0 Å². The van der Waals surface area contributed by atoms with Crippen LogP contribution in [0.4, 0.5) is 0 Å². The van der Waals surface area contributed by atoms with Gasteiger partial charge in [0.2, 0.25) is 5.91 Å². The lowest BCUT2D eigenvalue weighted by atomic mass is 9.99. The van der Waals surface area contributed by atoms with E-state index in [9.17, 15) is 4.79 Å². The molecule has 3 nitrogen and oxygen atoms in total. The monoisotopic (exact) mass is 246 g/mol. The van der Waals surface area contributed by atoms with E-state index in [1.165, 1.54) is 0 Å². The summed E-state index contributed by atoms with van der Waals surface area (Å²) in [6, 6.07) is 0.941. The Kier molecular flexibility index (Phi) is 6.14. The lowest BCUT2D eigenvalue weighted by molar-refractivity contribution is -0.122. The SMILES string of the molecule is CC1CC(NC(=O)CCCCCl)CCN1C. The van der Waals surface area contributed by atoms with E-state index >= 15 is 0 Å². The van der Waals surface area contributed by atoms with E-state index in [0.717, 1.165) is 32.2 Å². The average molecular weight is 247 g/mol. The Balaban J connectivity index is 2.19. The van der Waals surface area contributed by atoms with E-state index in [-0.39, 0.29) is 5.91 Å². The highest BCUT2D eigenvalue weighted by Gasteiger charge is 2.23. The van der Waals surface area contributed by atoms with Crippen molar-refractivity contribution in [3.05, 3.63) is 0 Å². The minimum absolute atomic E-state index is 0.187. The van der Waals surface area contributed by atoms with Gasteiger partial charge >= 0.3 is 0 Å². The maximum atomic E-state index is 11.6. The van der Waals surface area contributed by atoms with Crippen molar-refractivity contribution < 1.29 is 4.79 Å². The minimum atomic E-state index is 0.187. The van der Waals surface area contributed by atoms with Crippen LogP contribution in [0.15, 0.2) is 0 Å². The van der Waals surface area contributed by atoms with E-state index in [1.807, 2.05) is 0 Å². The van der Waals surface area contributed by atoms with Gasteiger partial charge in [-0.1, -0.05) is 0 Å². The van der Waals surface area contributed by atoms with Crippen LogP contribution < -0.4 is 5.32 Å². The number of hydrogen-bond acceptors (Lipinski definition) is 2. The standard InChI is InChI=1S/C12H23ClN2O/c1-10-9-11(6-8-15(10)2)14-12(16)5-3-4-7-13/h10-11H,3-9H2,1-2H3,(H,14,16). The second-order valence-corrected chi connectivity index (χ2v) is 5.14. The number of nitrogens with one attached hydrogen (secondary N) is 1. The number of hydrogen-bond donors (Lipinski definition) is 1. The molecule has 1 saturated heterocycles. The average Bonchev–Trinajstić information content (AvgIpc) is 2.24. The van der Waals surface area contributed by atoms with E-state index < -0.39 is 0 Å². The van der Waals surface area contributed by atoms with Crippen molar-refractivity contribution >= 4 is 17.5 Å². The van der Waals surface area contributed by atoms with Crippen LogP contribution in [0.1, 0.15) is 39.0 Å². The predicted molar refractivity (Wildman–Crippen MR) is 67.8 cm³/mol. The Bertz CT molecular complexity index is 223. The molecule has 1 heterocycles. The molecule has 4 heteroatoms. The Morgan fingerprint density at radius 1 is 1.50 bits per heavy atom. The lowest BCUT2D eigenvalue weighted by Gasteiger charge is -2.35. The summed E-state index contributed by atoms with van der Waals surface area (Å²) >= 11 is 5.57. The highest BCUT2D eigenvalue weighted by atomic mass is 35.5. The quantitative estimate of drug-likeness (QED) is 0.595. The van der Waals surface area contributed by atoms with Crippen LogP contribution in [0.25, 0.3) is 0 Å². The van der Waals surface area contributed by atoms with Crippen molar-refractivity contribution in [1.82, 2.24) is 10.2 Å². The third kappa shape index (κ3) is 4.71. The van der Waals surface area contributed by atoms with Gasteiger partial charge < -0.3 is 10.2 Å². The third-order valence-corrected chi connectivity index (χ3v) is 3.63. The van der Waals surface area contributed by atoms with Gasteiger partial charge in [0.1, 0.15) is 0 Å². The molecule has 0 bridgehead atoms. The van der Waals surface area contributed by atoms with Crippen LogP contribution in [0.5, 0.6) is 0 Å². The van der Waals surface area contributed by atoms with Crippen molar-refractivity contribution in [3.63, 3.8) is 0 Å². The van der Waals surface area contributed by atoms with Gasteiger partial charge in [-0.25, -0.2) is 0 Å². The van der Waals surface area contributed by atoms with Gasteiger partial charge in [0.15, 0.2) is 0 Å². The van der Waals surface area contributed by atoms with Crippen LogP contribution in [-0.4, -0.2) is 42.4 Å². The molecular formula is C12H23ClN2O. The van der Waals surface area contributed by atoms with E-state index in [4.69, 9.17) is 11.6 Å². The molecule has 2 unspecified atom stereocenters. The summed E-state index contributed by atoms with van der Waals surface area (Å²) in [4.78, 5) is 13.9. The molecule has 0 radical (unpaired) electrons. The van der Waals surface area contributed by atoms with E-state index in [2.05, 4.69) is 24.2 Å². The zero-order valence-corrected chi connectivity index (χ0v) is 11.1. The van der Waals surface area contributed by atoms with Gasteiger partial charge in [0.25, 0.3) is 0 Å². The first-order chi connectivity index (χ1) is 7.63. The van der Waals surface area contributed by atoms with Crippen LogP contribution in [-0.2, 0) is 4.79 Å². The van der Waals surface area contributed by atoms with E-state index in [0.29, 0.717) is 24.4 Å². The van der Waals surface area contributed by atoms with Gasteiger partial charge in [0.05, 0.1) is 0 Å². The molecule has 1 amide bonds. The van der Waals surface area contributed by atoms with Crippen LogP contribution >= 0.6 is 11.6 Å². The second kappa shape index (κ2) is 7.13. The van der Waals surface area contributed by atoms with Gasteiger partial charge in [0, 0.05) is 30.9 Å². The molecule has 16 heavy (non-hydrogen) atoms. The number of rotatable bonds is 5. The number of unbranched alkanes of at least 4 members (excludes halogenated alkanes) is 1. The first-order valence-electron chi connectivity index (χ1n) is 6.19. The summed E-state index contributed by atoms with van der Waals surface area (Å²) < 4.78 is 0. The molecule has 0 aromatic heterocycles. The number of amides is 1. The highest BCUT2D eigenvalue weighted by Crippen LogP contribution is 2.15. The van der Waals surface area contributed by atoms with Crippen molar-refractivity contribution in [2.75, 3.05) is 19.5 Å². The predicted octanol–water partition coefficient (Wildman–Crippen LogP) is 1.99. The number of piperidine rings is 1. The Morgan fingerprint density at radius 3 is 2.88 bits per heavy atom. The molecule has 0 aromatic rings. The summed E-state index contributed by atoms with van der Waals surface area (Å²) in [5, 5.41) is 3.12. The number of halogens is 1.